The van der Waals surface area contributed by atoms with Crippen molar-refractivity contribution in [3.05, 3.63) is 57.4 Å². The Bertz CT molecular complexity index is 992. The molecule has 0 atom stereocenters. The third kappa shape index (κ3) is 4.37. The van der Waals surface area contributed by atoms with Gasteiger partial charge in [-0.2, -0.15) is 0 Å². The van der Waals surface area contributed by atoms with Gasteiger partial charge in [-0.3, -0.25) is 9.59 Å². The second-order valence-corrected chi connectivity index (χ2v) is 7.69. The van der Waals surface area contributed by atoms with Crippen LogP contribution in [0.25, 0.3) is 11.3 Å². The molecule has 3 aromatic rings. The Hall–Kier alpha value is -2.64. The van der Waals surface area contributed by atoms with E-state index in [0.29, 0.717) is 33.7 Å². The summed E-state index contributed by atoms with van der Waals surface area (Å²) in [5.74, 6) is 0.295. The number of oxazole rings is 1. The van der Waals surface area contributed by atoms with E-state index in [1.807, 2.05) is 26.0 Å². The number of benzene rings is 1. The summed E-state index contributed by atoms with van der Waals surface area (Å²) < 4.78 is 5.69. The molecule has 3 N–H and O–H groups in total. The number of nitrogens with two attached hydrogens (primary N) is 1. The molecule has 2 aromatic heterocycles. The molecule has 0 bridgehead atoms. The highest BCUT2D eigenvalue weighted by Gasteiger charge is 2.19. The number of primary amides is 1. The largest absolute Gasteiger partial charge is 0.441 e. The van der Waals surface area contributed by atoms with Crippen molar-refractivity contribution < 1.29 is 14.0 Å². The van der Waals surface area contributed by atoms with E-state index >= 15 is 0 Å². The molecule has 0 aliphatic rings. The Morgan fingerprint density at radius 2 is 1.96 bits per heavy atom. The van der Waals surface area contributed by atoms with Crippen molar-refractivity contribution in [1.29, 1.82) is 0 Å². The molecule has 2 amide bonds. The third-order valence-corrected chi connectivity index (χ3v) is 5.51. The van der Waals surface area contributed by atoms with Crippen LogP contribution in [0.5, 0.6) is 0 Å². The summed E-state index contributed by atoms with van der Waals surface area (Å²) >= 11 is 7.22. The van der Waals surface area contributed by atoms with Gasteiger partial charge in [0, 0.05) is 28.3 Å². The molecular formula is C19H18ClN3O3S. The van der Waals surface area contributed by atoms with Gasteiger partial charge in [-0.1, -0.05) is 11.6 Å². The standard InChI is InChI=1S/C19H18ClN3O3S/c1-10-11(2)27-19(17(10)18(21)25)23-15(24)7-8-16-22-9-14(26-16)12-3-5-13(20)6-4-12/h3-6,9H,7-8H2,1-2H3,(H2,21,25)(H,23,24). The van der Waals surface area contributed by atoms with Crippen LogP contribution in [0, 0.1) is 13.8 Å². The lowest BCUT2D eigenvalue weighted by atomic mass is 10.1. The molecule has 0 saturated carbocycles. The van der Waals surface area contributed by atoms with Gasteiger partial charge < -0.3 is 15.5 Å². The Morgan fingerprint density at radius 3 is 2.63 bits per heavy atom. The monoisotopic (exact) mass is 403 g/mol. The topological polar surface area (TPSA) is 98.2 Å². The minimum Gasteiger partial charge on any atom is -0.441 e. The zero-order valence-electron chi connectivity index (χ0n) is 14.8. The zero-order chi connectivity index (χ0) is 19.6. The number of halogens is 1. The van der Waals surface area contributed by atoms with Crippen molar-refractivity contribution in [2.45, 2.75) is 26.7 Å². The van der Waals surface area contributed by atoms with Crippen LogP contribution >= 0.6 is 22.9 Å². The fourth-order valence-corrected chi connectivity index (χ4v) is 3.80. The fourth-order valence-electron chi connectivity index (χ4n) is 2.59. The normalized spacial score (nSPS) is 10.8. The molecule has 0 unspecified atom stereocenters. The number of carbonyl (C=O) groups is 2. The Labute approximate surface area is 165 Å². The first-order chi connectivity index (χ1) is 12.8. The third-order valence-electron chi connectivity index (χ3n) is 4.13. The van der Waals surface area contributed by atoms with Crippen molar-refractivity contribution in [1.82, 2.24) is 4.98 Å². The van der Waals surface area contributed by atoms with E-state index in [1.165, 1.54) is 11.3 Å². The Balaban J connectivity index is 1.63. The van der Waals surface area contributed by atoms with Gasteiger partial charge >= 0.3 is 0 Å². The van der Waals surface area contributed by atoms with E-state index in [4.69, 9.17) is 21.8 Å². The number of nitrogens with zero attached hydrogens (tertiary/aromatic N) is 1. The van der Waals surface area contributed by atoms with Crippen LogP contribution < -0.4 is 11.1 Å². The summed E-state index contributed by atoms with van der Waals surface area (Å²) in [5.41, 5.74) is 7.44. The summed E-state index contributed by atoms with van der Waals surface area (Å²) in [6.45, 7) is 3.69. The predicted molar refractivity (Wildman–Crippen MR) is 106 cm³/mol. The van der Waals surface area contributed by atoms with Crippen LogP contribution in [0.4, 0.5) is 5.00 Å². The molecule has 0 spiro atoms. The van der Waals surface area contributed by atoms with E-state index in [1.54, 1.807) is 18.3 Å². The zero-order valence-corrected chi connectivity index (χ0v) is 16.4. The average molecular weight is 404 g/mol. The Morgan fingerprint density at radius 1 is 1.26 bits per heavy atom. The highest BCUT2D eigenvalue weighted by Crippen LogP contribution is 2.32. The maximum atomic E-state index is 12.3. The van der Waals surface area contributed by atoms with Crippen molar-refractivity contribution in [2.24, 2.45) is 5.73 Å². The summed E-state index contributed by atoms with van der Waals surface area (Å²) in [7, 11) is 0. The maximum absolute atomic E-state index is 12.3. The number of hydrogen-bond donors (Lipinski definition) is 2. The van der Waals surface area contributed by atoms with Gasteiger partial charge in [0.05, 0.1) is 11.8 Å². The van der Waals surface area contributed by atoms with Gasteiger partial charge in [0.25, 0.3) is 5.91 Å². The lowest BCUT2D eigenvalue weighted by molar-refractivity contribution is -0.116. The molecule has 8 heteroatoms. The van der Waals surface area contributed by atoms with Crippen LogP contribution in [0.2, 0.25) is 5.02 Å². The van der Waals surface area contributed by atoms with E-state index in [0.717, 1.165) is 16.0 Å². The molecule has 0 saturated heterocycles. The first-order valence-electron chi connectivity index (χ1n) is 8.25. The second-order valence-electron chi connectivity index (χ2n) is 6.02. The van der Waals surface area contributed by atoms with Gasteiger partial charge in [-0.25, -0.2) is 4.98 Å². The number of rotatable bonds is 6. The average Bonchev–Trinajstić information content (AvgIpc) is 3.19. The molecule has 0 fully saturated rings. The van der Waals surface area contributed by atoms with Crippen LogP contribution in [-0.2, 0) is 11.2 Å². The molecule has 0 radical (unpaired) electrons. The number of amides is 2. The maximum Gasteiger partial charge on any atom is 0.251 e. The number of carbonyl (C=O) groups excluding carboxylic acids is 2. The number of aromatic nitrogens is 1. The first kappa shape index (κ1) is 19.1. The van der Waals surface area contributed by atoms with Crippen LogP contribution in [0.15, 0.2) is 34.9 Å². The molecule has 6 nitrogen and oxygen atoms in total. The summed E-state index contributed by atoms with van der Waals surface area (Å²) in [4.78, 5) is 29.0. The quantitative estimate of drug-likeness (QED) is 0.639. The summed E-state index contributed by atoms with van der Waals surface area (Å²) in [6, 6.07) is 7.22. The number of anilines is 1. The highest BCUT2D eigenvalue weighted by molar-refractivity contribution is 7.16. The van der Waals surface area contributed by atoms with Crippen LogP contribution in [0.1, 0.15) is 33.1 Å². The first-order valence-corrected chi connectivity index (χ1v) is 9.45. The molecule has 0 aliphatic carbocycles. The van der Waals surface area contributed by atoms with Crippen molar-refractivity contribution in [3.63, 3.8) is 0 Å². The van der Waals surface area contributed by atoms with Crippen molar-refractivity contribution in [3.8, 4) is 11.3 Å². The fraction of sp³-hybridized carbons (Fsp3) is 0.211. The van der Waals surface area contributed by atoms with E-state index in [9.17, 15) is 9.59 Å². The summed E-state index contributed by atoms with van der Waals surface area (Å²) in [5, 5.41) is 3.89. The molecule has 1 aromatic carbocycles. The molecule has 3 rings (SSSR count). The van der Waals surface area contributed by atoms with Gasteiger partial charge in [-0.05, 0) is 43.7 Å². The lowest BCUT2D eigenvalue weighted by Crippen LogP contribution is -2.17. The summed E-state index contributed by atoms with van der Waals surface area (Å²) in [6.07, 6.45) is 2.14. The van der Waals surface area contributed by atoms with E-state index in [2.05, 4.69) is 10.3 Å². The number of hydrogen-bond acceptors (Lipinski definition) is 5. The van der Waals surface area contributed by atoms with E-state index in [-0.39, 0.29) is 12.3 Å². The minimum atomic E-state index is -0.549. The lowest BCUT2D eigenvalue weighted by Gasteiger charge is -2.04. The molecule has 140 valence electrons. The SMILES string of the molecule is Cc1sc(NC(=O)CCc2ncc(-c3ccc(Cl)cc3)o2)c(C(N)=O)c1C. The van der Waals surface area contributed by atoms with Gasteiger partial charge in [0.15, 0.2) is 11.7 Å². The van der Waals surface area contributed by atoms with Gasteiger partial charge in [-0.15, -0.1) is 11.3 Å². The Kier molecular flexibility index (Phi) is 5.62. The smallest absolute Gasteiger partial charge is 0.251 e. The predicted octanol–water partition coefficient (Wildman–Crippen LogP) is 4.34. The van der Waals surface area contributed by atoms with E-state index < -0.39 is 5.91 Å². The van der Waals surface area contributed by atoms with Crippen molar-refractivity contribution in [2.75, 3.05) is 5.32 Å². The van der Waals surface area contributed by atoms with Crippen LogP contribution in [0.3, 0.4) is 0 Å². The molecule has 2 heterocycles. The molecule has 27 heavy (non-hydrogen) atoms. The molecule has 0 aliphatic heterocycles. The van der Waals surface area contributed by atoms with Crippen LogP contribution in [-0.4, -0.2) is 16.8 Å². The van der Waals surface area contributed by atoms with Gasteiger partial charge in [0.1, 0.15) is 5.00 Å². The second kappa shape index (κ2) is 7.94. The number of thiophene rings is 1. The number of nitrogens with one attached hydrogen (secondary N) is 1. The highest BCUT2D eigenvalue weighted by atomic mass is 35.5. The number of aryl methyl sites for hydroxylation is 2. The molecular weight excluding hydrogens is 386 g/mol. The van der Waals surface area contributed by atoms with Crippen molar-refractivity contribution >= 4 is 39.8 Å². The van der Waals surface area contributed by atoms with Gasteiger partial charge in [0.2, 0.25) is 5.91 Å². The minimum absolute atomic E-state index is 0.175.